The van der Waals surface area contributed by atoms with Gasteiger partial charge in [0.25, 0.3) is 11.4 Å². The van der Waals surface area contributed by atoms with Crippen LogP contribution in [0.15, 0.2) is 18.2 Å². The molecule has 1 aliphatic rings. The van der Waals surface area contributed by atoms with Crippen LogP contribution in [0.5, 0.6) is 0 Å². The lowest BCUT2D eigenvalue weighted by molar-refractivity contribution is -0.394. The number of non-ortho nitro benzene ring substituents is 1. The van der Waals surface area contributed by atoms with E-state index in [2.05, 4.69) is 0 Å². The summed E-state index contributed by atoms with van der Waals surface area (Å²) in [5.74, 6) is -0.177. The maximum Gasteiger partial charge on any atom is 0.279 e. The van der Waals surface area contributed by atoms with Crippen molar-refractivity contribution >= 4 is 17.3 Å². The number of benzene rings is 1. The van der Waals surface area contributed by atoms with Crippen molar-refractivity contribution in [2.75, 3.05) is 6.54 Å². The fraction of sp³-hybridized carbons (Fsp3) is 0.500. The predicted octanol–water partition coefficient (Wildman–Crippen LogP) is 2.45. The number of rotatable bonds is 4. The van der Waals surface area contributed by atoms with Gasteiger partial charge in [-0.3, -0.25) is 25.0 Å². The van der Waals surface area contributed by atoms with Gasteiger partial charge in [-0.1, -0.05) is 0 Å². The van der Waals surface area contributed by atoms with Crippen molar-refractivity contribution in [2.45, 2.75) is 38.6 Å². The minimum absolute atomic E-state index is 0.112. The van der Waals surface area contributed by atoms with E-state index in [1.807, 2.05) is 6.92 Å². The molecule has 0 N–H and O–H groups in total. The Balaban J connectivity index is 2.23. The highest BCUT2D eigenvalue weighted by Gasteiger charge is 2.26. The van der Waals surface area contributed by atoms with Crippen LogP contribution in [0, 0.1) is 20.2 Å². The quantitative estimate of drug-likeness (QED) is 0.627. The molecule has 0 spiro atoms. The van der Waals surface area contributed by atoms with Gasteiger partial charge in [-0.2, -0.15) is 0 Å². The lowest BCUT2D eigenvalue weighted by Crippen LogP contribution is -2.42. The second-order valence-electron chi connectivity index (χ2n) is 5.44. The molecule has 1 aromatic carbocycles. The van der Waals surface area contributed by atoms with Crippen LogP contribution in [-0.2, 0) is 11.2 Å². The standard InChI is InChI=1S/C14H17N3O5/c1-10-4-2-3-7-15(10)14(18)8-11-5-6-12(16(19)20)9-13(11)17(21)22/h5-6,9-10H,2-4,7-8H2,1H3/t10-/m0/s1. The number of hydrogen-bond donors (Lipinski definition) is 0. The number of piperidine rings is 1. The van der Waals surface area contributed by atoms with E-state index in [9.17, 15) is 25.0 Å². The third kappa shape index (κ3) is 3.38. The van der Waals surface area contributed by atoms with Gasteiger partial charge in [0, 0.05) is 24.2 Å². The van der Waals surface area contributed by atoms with Crippen LogP contribution >= 0.6 is 0 Å². The van der Waals surface area contributed by atoms with E-state index in [1.165, 1.54) is 12.1 Å². The smallest absolute Gasteiger partial charge is 0.279 e. The maximum absolute atomic E-state index is 12.3. The number of nitro benzene ring substituents is 2. The minimum Gasteiger partial charge on any atom is -0.340 e. The third-order valence-electron chi connectivity index (χ3n) is 3.94. The fourth-order valence-electron chi connectivity index (χ4n) is 2.72. The van der Waals surface area contributed by atoms with Gasteiger partial charge < -0.3 is 4.90 Å². The van der Waals surface area contributed by atoms with Crippen molar-refractivity contribution in [1.82, 2.24) is 4.90 Å². The fourth-order valence-corrected chi connectivity index (χ4v) is 2.72. The summed E-state index contributed by atoms with van der Waals surface area (Å²) in [6.07, 6.45) is 2.81. The van der Waals surface area contributed by atoms with E-state index >= 15 is 0 Å². The van der Waals surface area contributed by atoms with E-state index in [4.69, 9.17) is 0 Å². The summed E-state index contributed by atoms with van der Waals surface area (Å²) in [4.78, 5) is 34.5. The molecule has 8 heteroatoms. The Morgan fingerprint density at radius 1 is 1.27 bits per heavy atom. The molecule has 0 aliphatic carbocycles. The molecule has 1 aromatic rings. The lowest BCUT2D eigenvalue weighted by atomic mass is 10.0. The summed E-state index contributed by atoms with van der Waals surface area (Å²) in [5, 5.41) is 21.8. The number of carbonyl (C=O) groups excluding carboxylic acids is 1. The molecule has 1 fully saturated rings. The number of nitrogens with zero attached hydrogens (tertiary/aromatic N) is 3. The highest BCUT2D eigenvalue weighted by atomic mass is 16.6. The molecule has 0 radical (unpaired) electrons. The van der Waals surface area contributed by atoms with Crippen molar-refractivity contribution < 1.29 is 14.6 Å². The van der Waals surface area contributed by atoms with Gasteiger partial charge >= 0.3 is 0 Å². The number of amides is 1. The van der Waals surface area contributed by atoms with Crippen molar-refractivity contribution in [3.8, 4) is 0 Å². The Bertz CT molecular complexity index is 616. The second-order valence-corrected chi connectivity index (χ2v) is 5.44. The van der Waals surface area contributed by atoms with E-state index in [-0.39, 0.29) is 35.3 Å². The maximum atomic E-state index is 12.3. The second kappa shape index (κ2) is 6.50. The molecular weight excluding hydrogens is 290 g/mol. The predicted molar refractivity (Wildman–Crippen MR) is 78.5 cm³/mol. The largest absolute Gasteiger partial charge is 0.340 e. The zero-order valence-electron chi connectivity index (χ0n) is 12.2. The molecule has 118 valence electrons. The van der Waals surface area contributed by atoms with Crippen LogP contribution in [0.3, 0.4) is 0 Å². The topological polar surface area (TPSA) is 107 Å². The molecule has 1 saturated heterocycles. The van der Waals surface area contributed by atoms with Crippen LogP contribution in [0.4, 0.5) is 11.4 Å². The van der Waals surface area contributed by atoms with Crippen molar-refractivity contribution in [3.05, 3.63) is 44.0 Å². The summed E-state index contributed by atoms with van der Waals surface area (Å²) in [6.45, 7) is 2.61. The van der Waals surface area contributed by atoms with Gasteiger partial charge in [-0.15, -0.1) is 0 Å². The molecule has 1 amide bonds. The van der Waals surface area contributed by atoms with E-state index < -0.39 is 9.85 Å². The summed E-state index contributed by atoms with van der Waals surface area (Å²) in [5.41, 5.74) is -0.528. The van der Waals surface area contributed by atoms with Crippen LogP contribution in [0.1, 0.15) is 31.7 Å². The first-order valence-corrected chi connectivity index (χ1v) is 7.11. The molecule has 1 atom stereocenters. The minimum atomic E-state index is -0.689. The lowest BCUT2D eigenvalue weighted by Gasteiger charge is -2.33. The van der Waals surface area contributed by atoms with Gasteiger partial charge in [0.1, 0.15) is 0 Å². The SMILES string of the molecule is C[C@H]1CCCCN1C(=O)Cc1ccc([N+](=O)[O-])cc1[N+](=O)[O-]. The number of carbonyl (C=O) groups is 1. The van der Waals surface area contributed by atoms with Crippen molar-refractivity contribution in [1.29, 1.82) is 0 Å². The average Bonchev–Trinajstić information content (AvgIpc) is 2.47. The van der Waals surface area contributed by atoms with Crippen LogP contribution in [0.25, 0.3) is 0 Å². The van der Waals surface area contributed by atoms with Gasteiger partial charge in [-0.25, -0.2) is 0 Å². The highest BCUT2D eigenvalue weighted by molar-refractivity contribution is 5.80. The first-order chi connectivity index (χ1) is 10.4. The monoisotopic (exact) mass is 307 g/mol. The van der Waals surface area contributed by atoms with Crippen LogP contribution < -0.4 is 0 Å². The first-order valence-electron chi connectivity index (χ1n) is 7.11. The Kier molecular flexibility index (Phi) is 4.69. The molecule has 1 aliphatic heterocycles. The van der Waals surface area contributed by atoms with Crippen molar-refractivity contribution in [3.63, 3.8) is 0 Å². The Morgan fingerprint density at radius 2 is 2.00 bits per heavy atom. The number of nitro groups is 2. The summed E-state index contributed by atoms with van der Waals surface area (Å²) in [6, 6.07) is 3.51. The summed E-state index contributed by atoms with van der Waals surface area (Å²) in [7, 11) is 0. The van der Waals surface area contributed by atoms with Gasteiger partial charge in [0.05, 0.1) is 22.3 Å². The average molecular weight is 307 g/mol. The summed E-state index contributed by atoms with van der Waals surface area (Å²) < 4.78 is 0. The molecule has 2 rings (SSSR count). The number of hydrogen-bond acceptors (Lipinski definition) is 5. The zero-order chi connectivity index (χ0) is 16.3. The van der Waals surface area contributed by atoms with Gasteiger partial charge in [0.15, 0.2) is 0 Å². The van der Waals surface area contributed by atoms with Crippen LogP contribution in [-0.4, -0.2) is 33.2 Å². The van der Waals surface area contributed by atoms with E-state index in [0.29, 0.717) is 6.54 Å². The molecule has 8 nitrogen and oxygen atoms in total. The molecule has 0 unspecified atom stereocenters. The van der Waals surface area contributed by atoms with E-state index in [1.54, 1.807) is 4.90 Å². The first kappa shape index (κ1) is 15.9. The molecule has 22 heavy (non-hydrogen) atoms. The normalized spacial score (nSPS) is 18.0. The molecule has 0 bridgehead atoms. The van der Waals surface area contributed by atoms with E-state index in [0.717, 1.165) is 25.3 Å². The molecular formula is C14H17N3O5. The van der Waals surface area contributed by atoms with Crippen molar-refractivity contribution in [2.24, 2.45) is 0 Å². The van der Waals surface area contributed by atoms with Gasteiger partial charge in [-0.05, 0) is 32.3 Å². The van der Waals surface area contributed by atoms with Crippen LogP contribution in [0.2, 0.25) is 0 Å². The molecule has 0 aromatic heterocycles. The molecule has 0 saturated carbocycles. The Labute approximate surface area is 127 Å². The highest BCUT2D eigenvalue weighted by Crippen LogP contribution is 2.26. The zero-order valence-corrected chi connectivity index (χ0v) is 12.2. The third-order valence-corrected chi connectivity index (χ3v) is 3.94. The van der Waals surface area contributed by atoms with Gasteiger partial charge in [0.2, 0.25) is 5.91 Å². The Morgan fingerprint density at radius 3 is 2.59 bits per heavy atom. The molecule has 1 heterocycles. The Hall–Kier alpha value is -2.51. The summed E-state index contributed by atoms with van der Waals surface area (Å²) >= 11 is 0. The number of likely N-dealkylation sites (tertiary alicyclic amines) is 1.